The van der Waals surface area contributed by atoms with Crippen LogP contribution in [0, 0.1) is 0 Å². The van der Waals surface area contributed by atoms with Gasteiger partial charge in [0.05, 0.1) is 18.4 Å². The van der Waals surface area contributed by atoms with Crippen LogP contribution < -0.4 is 10.2 Å². The normalized spacial score (nSPS) is 23.0. The number of methoxy groups -OCH3 is 1. The van der Waals surface area contributed by atoms with Crippen LogP contribution in [-0.2, 0) is 11.2 Å². The number of aromatic nitrogens is 4. The van der Waals surface area contributed by atoms with Gasteiger partial charge in [-0.3, -0.25) is 4.79 Å². The minimum absolute atomic E-state index is 0.0657. The van der Waals surface area contributed by atoms with E-state index in [-0.39, 0.29) is 29.9 Å². The molecule has 2 saturated heterocycles. The Hall–Kier alpha value is -3.10. The third-order valence-electron chi connectivity index (χ3n) is 5.72. The zero-order valence-electron chi connectivity index (χ0n) is 16.5. The van der Waals surface area contributed by atoms with Gasteiger partial charge < -0.3 is 15.0 Å². The van der Waals surface area contributed by atoms with Gasteiger partial charge >= 0.3 is 5.97 Å². The zero-order valence-corrected chi connectivity index (χ0v) is 16.5. The van der Waals surface area contributed by atoms with Crippen LogP contribution in [0.2, 0.25) is 0 Å². The lowest BCUT2D eigenvalue weighted by Crippen LogP contribution is -2.51. The molecule has 2 fully saturated rings. The molecule has 2 bridgehead atoms. The Labute approximate surface area is 168 Å². The molecule has 2 aliphatic heterocycles. The SMILES string of the molecule is CCc1ncncc1C(=O)NC1CC2CCC(C1)N2c1ccnc(C(=O)OC)n1. The van der Waals surface area contributed by atoms with Gasteiger partial charge in [0.2, 0.25) is 5.82 Å². The molecular formula is C20H24N6O3. The Bertz CT molecular complexity index is 907. The highest BCUT2D eigenvalue weighted by atomic mass is 16.5. The Morgan fingerprint density at radius 2 is 2.00 bits per heavy atom. The number of rotatable bonds is 5. The van der Waals surface area contributed by atoms with Gasteiger partial charge in [0.1, 0.15) is 12.1 Å². The second-order valence-corrected chi connectivity index (χ2v) is 7.40. The highest BCUT2D eigenvalue weighted by Gasteiger charge is 2.42. The van der Waals surface area contributed by atoms with Crippen LogP contribution in [0.25, 0.3) is 0 Å². The summed E-state index contributed by atoms with van der Waals surface area (Å²) >= 11 is 0. The first kappa shape index (κ1) is 19.2. The summed E-state index contributed by atoms with van der Waals surface area (Å²) in [5, 5.41) is 3.17. The molecule has 2 atom stereocenters. The number of piperidine rings is 1. The van der Waals surface area contributed by atoms with E-state index in [0.29, 0.717) is 12.0 Å². The van der Waals surface area contributed by atoms with Crippen molar-refractivity contribution in [1.82, 2.24) is 25.3 Å². The molecule has 9 heteroatoms. The topological polar surface area (TPSA) is 110 Å². The number of nitrogens with zero attached hydrogens (tertiary/aromatic N) is 5. The van der Waals surface area contributed by atoms with Crippen LogP contribution in [-0.4, -0.2) is 57.0 Å². The minimum atomic E-state index is -0.543. The summed E-state index contributed by atoms with van der Waals surface area (Å²) in [5.74, 6) is 0.145. The molecule has 4 rings (SSSR count). The average Bonchev–Trinajstić information content (AvgIpc) is 3.03. The van der Waals surface area contributed by atoms with Crippen molar-refractivity contribution in [2.24, 2.45) is 0 Å². The highest BCUT2D eigenvalue weighted by Crippen LogP contribution is 2.38. The molecule has 0 aliphatic carbocycles. The Kier molecular flexibility index (Phi) is 5.37. The van der Waals surface area contributed by atoms with Gasteiger partial charge in [-0.25, -0.2) is 24.7 Å². The van der Waals surface area contributed by atoms with Crippen molar-refractivity contribution >= 4 is 17.7 Å². The molecule has 152 valence electrons. The first-order valence-electron chi connectivity index (χ1n) is 9.90. The lowest BCUT2D eigenvalue weighted by Gasteiger charge is -2.40. The molecular weight excluding hydrogens is 372 g/mol. The van der Waals surface area contributed by atoms with Crippen LogP contribution in [0.3, 0.4) is 0 Å². The molecule has 0 radical (unpaired) electrons. The second-order valence-electron chi connectivity index (χ2n) is 7.40. The number of carbonyl (C=O) groups is 2. The van der Waals surface area contributed by atoms with E-state index in [9.17, 15) is 9.59 Å². The Morgan fingerprint density at radius 1 is 1.24 bits per heavy atom. The summed E-state index contributed by atoms with van der Waals surface area (Å²) in [4.78, 5) is 43.4. The van der Waals surface area contributed by atoms with E-state index < -0.39 is 5.97 Å². The number of esters is 1. The van der Waals surface area contributed by atoms with Gasteiger partial charge in [-0.2, -0.15) is 0 Å². The van der Waals surface area contributed by atoms with Crippen LogP contribution in [0.4, 0.5) is 5.82 Å². The summed E-state index contributed by atoms with van der Waals surface area (Å²) in [7, 11) is 1.32. The van der Waals surface area contributed by atoms with Gasteiger partial charge in [-0.05, 0) is 38.2 Å². The lowest BCUT2D eigenvalue weighted by molar-refractivity contribution is 0.0586. The van der Waals surface area contributed by atoms with Gasteiger partial charge in [0.15, 0.2) is 0 Å². The summed E-state index contributed by atoms with van der Waals surface area (Å²) in [5.41, 5.74) is 1.30. The number of aryl methyl sites for hydroxylation is 1. The maximum absolute atomic E-state index is 12.8. The number of nitrogens with one attached hydrogen (secondary N) is 1. The molecule has 2 aromatic heterocycles. The van der Waals surface area contributed by atoms with Gasteiger partial charge in [-0.1, -0.05) is 6.92 Å². The van der Waals surface area contributed by atoms with Crippen molar-refractivity contribution < 1.29 is 14.3 Å². The molecule has 2 aromatic rings. The first-order chi connectivity index (χ1) is 14.1. The van der Waals surface area contributed by atoms with Gasteiger partial charge in [0, 0.05) is 30.5 Å². The predicted octanol–water partition coefficient (Wildman–Crippen LogP) is 1.55. The summed E-state index contributed by atoms with van der Waals surface area (Å²) in [6, 6.07) is 2.43. The number of hydrogen-bond donors (Lipinski definition) is 1. The van der Waals surface area contributed by atoms with Gasteiger partial charge in [-0.15, -0.1) is 0 Å². The Morgan fingerprint density at radius 3 is 2.69 bits per heavy atom. The third kappa shape index (κ3) is 3.76. The number of hydrogen-bond acceptors (Lipinski definition) is 8. The van der Waals surface area contributed by atoms with Crippen molar-refractivity contribution in [3.63, 3.8) is 0 Å². The number of ether oxygens (including phenoxy) is 1. The molecule has 0 saturated carbocycles. The largest absolute Gasteiger partial charge is 0.463 e. The van der Waals surface area contributed by atoms with E-state index in [0.717, 1.165) is 37.2 Å². The van der Waals surface area contributed by atoms with E-state index >= 15 is 0 Å². The maximum Gasteiger partial charge on any atom is 0.376 e. The predicted molar refractivity (Wildman–Crippen MR) is 105 cm³/mol. The molecule has 2 unspecified atom stereocenters. The van der Waals surface area contributed by atoms with Crippen molar-refractivity contribution in [1.29, 1.82) is 0 Å². The molecule has 0 spiro atoms. The molecule has 9 nitrogen and oxygen atoms in total. The van der Waals surface area contributed by atoms with Crippen molar-refractivity contribution in [3.8, 4) is 0 Å². The smallest absolute Gasteiger partial charge is 0.376 e. The third-order valence-corrected chi connectivity index (χ3v) is 5.72. The fraction of sp³-hybridized carbons (Fsp3) is 0.500. The van der Waals surface area contributed by atoms with Crippen LogP contribution >= 0.6 is 0 Å². The van der Waals surface area contributed by atoms with Crippen molar-refractivity contribution in [2.75, 3.05) is 12.0 Å². The quantitative estimate of drug-likeness (QED) is 0.758. The Balaban J connectivity index is 1.47. The van der Waals surface area contributed by atoms with E-state index in [4.69, 9.17) is 4.74 Å². The van der Waals surface area contributed by atoms with E-state index in [2.05, 4.69) is 30.2 Å². The molecule has 29 heavy (non-hydrogen) atoms. The summed E-state index contributed by atoms with van der Waals surface area (Å²) in [6.45, 7) is 1.97. The van der Waals surface area contributed by atoms with Crippen LogP contribution in [0.1, 0.15) is 59.3 Å². The number of anilines is 1. The van der Waals surface area contributed by atoms with Gasteiger partial charge in [0.25, 0.3) is 5.91 Å². The second kappa shape index (κ2) is 8.10. The zero-order chi connectivity index (χ0) is 20.4. The monoisotopic (exact) mass is 396 g/mol. The fourth-order valence-corrected chi connectivity index (χ4v) is 4.44. The molecule has 4 heterocycles. The first-order valence-corrected chi connectivity index (χ1v) is 9.90. The fourth-order valence-electron chi connectivity index (χ4n) is 4.44. The minimum Gasteiger partial charge on any atom is -0.463 e. The highest BCUT2D eigenvalue weighted by molar-refractivity contribution is 5.95. The van der Waals surface area contributed by atoms with Crippen molar-refractivity contribution in [2.45, 2.75) is 57.2 Å². The molecule has 0 aromatic carbocycles. The molecule has 1 amide bonds. The van der Waals surface area contributed by atoms with E-state index in [1.807, 2.05) is 13.0 Å². The number of fused-ring (bicyclic) bond motifs is 2. The van der Waals surface area contributed by atoms with Crippen molar-refractivity contribution in [3.05, 3.63) is 41.9 Å². The molecule has 1 N–H and O–H groups in total. The van der Waals surface area contributed by atoms with E-state index in [1.54, 1.807) is 12.4 Å². The maximum atomic E-state index is 12.8. The standard InChI is InChI=1S/C20H24N6O3/c1-3-16-15(10-21-11-23-16)19(27)24-12-8-13-4-5-14(9-12)26(13)17-6-7-22-18(25-17)20(28)29-2/h6-7,10-14H,3-5,8-9H2,1-2H3,(H,24,27). The average molecular weight is 396 g/mol. The van der Waals surface area contributed by atoms with Crippen LogP contribution in [0.5, 0.6) is 0 Å². The lowest BCUT2D eigenvalue weighted by atomic mass is 9.96. The summed E-state index contributed by atoms with van der Waals surface area (Å²) in [6.07, 6.45) is 9.05. The number of carbonyl (C=O) groups excluding carboxylic acids is 2. The molecule has 2 aliphatic rings. The van der Waals surface area contributed by atoms with E-state index in [1.165, 1.54) is 13.4 Å². The summed E-state index contributed by atoms with van der Waals surface area (Å²) < 4.78 is 4.73. The number of amides is 1. The van der Waals surface area contributed by atoms with Crippen LogP contribution in [0.15, 0.2) is 24.8 Å².